The number of sulfone groups is 1. The van der Waals surface area contributed by atoms with Gasteiger partial charge in [-0.05, 0) is 25.9 Å². The molecule has 1 saturated heterocycles. The number of nitrogens with one attached hydrogen (secondary N) is 1. The van der Waals surface area contributed by atoms with Gasteiger partial charge in [0.05, 0.1) is 23.7 Å². The Balaban J connectivity index is 1.82. The summed E-state index contributed by atoms with van der Waals surface area (Å²) in [4.78, 5) is 2.04. The lowest BCUT2D eigenvalue weighted by Crippen LogP contribution is -2.31. The number of aromatic nitrogens is 1. The fourth-order valence-corrected chi connectivity index (χ4v) is 4.31. The van der Waals surface area contributed by atoms with Crippen molar-refractivity contribution in [3.8, 4) is 0 Å². The van der Waals surface area contributed by atoms with Crippen LogP contribution < -0.4 is 5.32 Å². The summed E-state index contributed by atoms with van der Waals surface area (Å²) in [7, 11) is -0.910. The van der Waals surface area contributed by atoms with Crippen molar-refractivity contribution in [2.45, 2.75) is 39.4 Å². The van der Waals surface area contributed by atoms with E-state index < -0.39 is 9.84 Å². The van der Waals surface area contributed by atoms with Gasteiger partial charge in [-0.2, -0.15) is 0 Å². The van der Waals surface area contributed by atoms with Gasteiger partial charge in [0.2, 0.25) is 0 Å². The molecule has 2 heterocycles. The Morgan fingerprint density at radius 3 is 2.90 bits per heavy atom. The highest BCUT2D eigenvalue weighted by Crippen LogP contribution is 2.18. The van der Waals surface area contributed by atoms with E-state index in [2.05, 4.69) is 24.3 Å². The smallest absolute Gasteiger partial charge is 0.151 e. The zero-order valence-electron chi connectivity index (χ0n) is 13.0. The van der Waals surface area contributed by atoms with Crippen molar-refractivity contribution < 1.29 is 12.9 Å². The monoisotopic (exact) mass is 315 g/mol. The van der Waals surface area contributed by atoms with Crippen LogP contribution in [0.25, 0.3) is 0 Å². The van der Waals surface area contributed by atoms with Crippen molar-refractivity contribution in [3.05, 3.63) is 17.5 Å². The molecule has 1 fully saturated rings. The highest BCUT2D eigenvalue weighted by atomic mass is 32.2. The molecule has 0 spiro atoms. The lowest BCUT2D eigenvalue weighted by molar-refractivity contribution is 0.222. The zero-order valence-corrected chi connectivity index (χ0v) is 13.8. The molecule has 21 heavy (non-hydrogen) atoms. The van der Waals surface area contributed by atoms with Crippen LogP contribution >= 0.6 is 0 Å². The van der Waals surface area contributed by atoms with E-state index in [9.17, 15) is 8.42 Å². The first-order valence-electron chi connectivity index (χ1n) is 7.41. The number of hydrogen-bond donors (Lipinski definition) is 1. The van der Waals surface area contributed by atoms with E-state index in [1.165, 1.54) is 0 Å². The van der Waals surface area contributed by atoms with E-state index >= 15 is 0 Å². The second kappa shape index (κ2) is 6.89. The molecule has 1 N–H and O–H groups in total. The molecule has 0 saturated carbocycles. The van der Waals surface area contributed by atoms with Gasteiger partial charge in [-0.25, -0.2) is 8.42 Å². The summed E-state index contributed by atoms with van der Waals surface area (Å²) in [6.07, 6.45) is 0.704. The molecule has 0 radical (unpaired) electrons. The Labute approximate surface area is 126 Å². The lowest BCUT2D eigenvalue weighted by Gasteiger charge is -2.21. The van der Waals surface area contributed by atoms with Crippen molar-refractivity contribution in [1.29, 1.82) is 0 Å². The Kier molecular flexibility index (Phi) is 5.40. The standard InChI is InChI=1S/C14H25N3O3S/c1-11(2)7-15-8-12-6-14(20-16-12)9-17(3)13-4-5-21(18,19)10-13/h6,11,13,15H,4-5,7-10H2,1-3H3. The highest BCUT2D eigenvalue weighted by Gasteiger charge is 2.30. The lowest BCUT2D eigenvalue weighted by atomic mass is 10.2. The molecule has 7 heteroatoms. The molecular formula is C14H25N3O3S. The van der Waals surface area contributed by atoms with Gasteiger partial charge in [0.15, 0.2) is 15.6 Å². The summed E-state index contributed by atoms with van der Waals surface area (Å²) in [5.41, 5.74) is 0.887. The van der Waals surface area contributed by atoms with Crippen molar-refractivity contribution >= 4 is 9.84 Å². The van der Waals surface area contributed by atoms with E-state index in [1.54, 1.807) is 0 Å². The second-order valence-electron chi connectivity index (χ2n) is 6.28. The summed E-state index contributed by atoms with van der Waals surface area (Å²) in [5, 5.41) is 7.36. The minimum Gasteiger partial charge on any atom is -0.360 e. The molecule has 2 rings (SSSR count). The Morgan fingerprint density at radius 2 is 2.29 bits per heavy atom. The predicted molar refractivity (Wildman–Crippen MR) is 81.6 cm³/mol. The van der Waals surface area contributed by atoms with E-state index in [4.69, 9.17) is 4.52 Å². The van der Waals surface area contributed by atoms with Gasteiger partial charge in [0.25, 0.3) is 0 Å². The van der Waals surface area contributed by atoms with E-state index in [0.717, 1.165) is 18.0 Å². The van der Waals surface area contributed by atoms with E-state index in [0.29, 0.717) is 31.2 Å². The summed E-state index contributed by atoms with van der Waals surface area (Å²) >= 11 is 0. The fourth-order valence-electron chi connectivity index (χ4n) is 2.50. The second-order valence-corrected chi connectivity index (χ2v) is 8.51. The molecule has 1 atom stereocenters. The average molecular weight is 315 g/mol. The molecule has 0 aliphatic carbocycles. The maximum atomic E-state index is 11.5. The third-order valence-electron chi connectivity index (χ3n) is 3.70. The number of hydrogen-bond acceptors (Lipinski definition) is 6. The van der Waals surface area contributed by atoms with Gasteiger partial charge in [0.1, 0.15) is 0 Å². The Hall–Kier alpha value is -0.920. The minimum atomic E-state index is -2.85. The van der Waals surface area contributed by atoms with E-state index in [-0.39, 0.29) is 11.8 Å². The quantitative estimate of drug-likeness (QED) is 0.810. The molecule has 1 aromatic rings. The van der Waals surface area contributed by atoms with Crippen LogP contribution in [0.4, 0.5) is 0 Å². The van der Waals surface area contributed by atoms with Crippen LogP contribution in [0.1, 0.15) is 31.7 Å². The van der Waals surface area contributed by atoms with Crippen LogP contribution in [-0.2, 0) is 22.9 Å². The summed E-state index contributed by atoms with van der Waals surface area (Å²) < 4.78 is 28.3. The molecule has 6 nitrogen and oxygen atoms in total. The summed E-state index contributed by atoms with van der Waals surface area (Å²) in [6.45, 7) is 6.56. The molecule has 1 aromatic heterocycles. The molecule has 1 unspecified atom stereocenters. The fraction of sp³-hybridized carbons (Fsp3) is 0.786. The molecule has 0 amide bonds. The van der Waals surface area contributed by atoms with Crippen LogP contribution in [0.2, 0.25) is 0 Å². The largest absolute Gasteiger partial charge is 0.360 e. The van der Waals surface area contributed by atoms with Crippen molar-refractivity contribution in [2.24, 2.45) is 5.92 Å². The van der Waals surface area contributed by atoms with Gasteiger partial charge in [-0.15, -0.1) is 0 Å². The van der Waals surface area contributed by atoms with Crippen LogP contribution in [0.15, 0.2) is 10.6 Å². The van der Waals surface area contributed by atoms with Gasteiger partial charge < -0.3 is 9.84 Å². The molecule has 120 valence electrons. The Morgan fingerprint density at radius 1 is 1.52 bits per heavy atom. The molecule has 0 aromatic carbocycles. The highest BCUT2D eigenvalue weighted by molar-refractivity contribution is 7.91. The first kappa shape index (κ1) is 16.5. The third-order valence-corrected chi connectivity index (χ3v) is 5.45. The first-order chi connectivity index (χ1) is 9.85. The van der Waals surface area contributed by atoms with Crippen molar-refractivity contribution in [1.82, 2.24) is 15.4 Å². The van der Waals surface area contributed by atoms with Crippen molar-refractivity contribution in [3.63, 3.8) is 0 Å². The topological polar surface area (TPSA) is 75.4 Å². The van der Waals surface area contributed by atoms with Gasteiger partial charge in [-0.3, -0.25) is 4.90 Å². The maximum Gasteiger partial charge on any atom is 0.151 e. The molecule has 1 aliphatic rings. The Bertz CT molecular complexity index is 554. The van der Waals surface area contributed by atoms with Gasteiger partial charge in [0, 0.05) is 18.7 Å². The normalized spacial score (nSPS) is 21.5. The van der Waals surface area contributed by atoms with Gasteiger partial charge >= 0.3 is 0 Å². The molecular weight excluding hydrogens is 290 g/mol. The average Bonchev–Trinajstić information content (AvgIpc) is 2.95. The summed E-state index contributed by atoms with van der Waals surface area (Å²) in [5.74, 6) is 1.93. The van der Waals surface area contributed by atoms with Crippen molar-refractivity contribution in [2.75, 3.05) is 25.1 Å². The zero-order chi connectivity index (χ0) is 15.5. The summed E-state index contributed by atoms with van der Waals surface area (Å²) in [6, 6.07) is 2.02. The number of rotatable bonds is 7. The predicted octanol–water partition coefficient (Wildman–Crippen LogP) is 1.04. The minimum absolute atomic E-state index is 0.0858. The SMILES string of the molecule is CC(C)CNCc1cc(CN(C)C2CCS(=O)(=O)C2)on1. The van der Waals surface area contributed by atoms with Gasteiger partial charge in [-0.1, -0.05) is 19.0 Å². The van der Waals surface area contributed by atoms with E-state index in [1.807, 2.05) is 18.0 Å². The number of nitrogens with zero attached hydrogens (tertiary/aromatic N) is 2. The molecule has 1 aliphatic heterocycles. The van der Waals surface area contributed by atoms with Crippen LogP contribution in [0.5, 0.6) is 0 Å². The molecule has 0 bridgehead atoms. The van der Waals surface area contributed by atoms with Crippen LogP contribution in [0.3, 0.4) is 0 Å². The van der Waals surface area contributed by atoms with Crippen LogP contribution in [0, 0.1) is 5.92 Å². The first-order valence-corrected chi connectivity index (χ1v) is 9.24. The third kappa shape index (κ3) is 5.09. The maximum absolute atomic E-state index is 11.5. The van der Waals surface area contributed by atoms with Crippen LogP contribution in [-0.4, -0.2) is 49.6 Å².